The van der Waals surface area contributed by atoms with Crippen LogP contribution in [0.1, 0.15) is 18.4 Å². The molecular weight excluding hydrogens is 259 g/mol. The molecular formula is C11H17FN2O3S. The molecule has 0 unspecified atom stereocenters. The van der Waals surface area contributed by atoms with Crippen molar-refractivity contribution >= 4 is 15.7 Å². The molecule has 4 N–H and O–H groups in total. The first kappa shape index (κ1) is 14.9. The zero-order valence-electron chi connectivity index (χ0n) is 10.1. The highest BCUT2D eigenvalue weighted by Gasteiger charge is 2.16. The number of aliphatic hydroxyl groups is 1. The maximum atomic E-state index is 13.4. The Labute approximate surface area is 106 Å². The van der Waals surface area contributed by atoms with Gasteiger partial charge in [-0.1, -0.05) is 0 Å². The number of hydrogen-bond acceptors (Lipinski definition) is 4. The minimum absolute atomic E-state index is 0.00777. The number of nitrogens with two attached hydrogens (primary N) is 1. The Balaban J connectivity index is 2.85. The highest BCUT2D eigenvalue weighted by molar-refractivity contribution is 7.89. The third-order valence-corrected chi connectivity index (χ3v) is 3.99. The van der Waals surface area contributed by atoms with Crippen molar-refractivity contribution in [1.82, 2.24) is 4.72 Å². The Morgan fingerprint density at radius 2 is 2.06 bits per heavy atom. The van der Waals surface area contributed by atoms with Crippen LogP contribution in [0.4, 0.5) is 10.1 Å². The van der Waals surface area contributed by atoms with Crippen molar-refractivity contribution in [3.63, 3.8) is 0 Å². The standard InChI is InChI=1S/C11H17FN2O3S/c1-8-10(12)6-9(7-11(8)13)18(16,17)14-4-2-3-5-15/h6-7,14-15H,2-5,13H2,1H3. The Bertz CT molecular complexity index is 494. The maximum Gasteiger partial charge on any atom is 0.240 e. The Hall–Kier alpha value is -1.18. The number of anilines is 1. The number of nitrogen functional groups attached to an aromatic ring is 1. The van der Waals surface area contributed by atoms with Crippen molar-refractivity contribution in [2.24, 2.45) is 0 Å². The van der Waals surface area contributed by atoms with Crippen molar-refractivity contribution in [3.8, 4) is 0 Å². The molecule has 0 radical (unpaired) electrons. The van der Waals surface area contributed by atoms with E-state index in [2.05, 4.69) is 4.72 Å². The molecule has 0 spiro atoms. The Morgan fingerprint density at radius 1 is 1.39 bits per heavy atom. The quantitative estimate of drug-likeness (QED) is 0.528. The molecule has 0 saturated heterocycles. The van der Waals surface area contributed by atoms with E-state index in [9.17, 15) is 12.8 Å². The summed E-state index contributed by atoms with van der Waals surface area (Å²) in [5.74, 6) is -0.647. The SMILES string of the molecule is Cc1c(N)cc(S(=O)(=O)NCCCCO)cc1F. The lowest BCUT2D eigenvalue weighted by Gasteiger charge is -2.09. The van der Waals surface area contributed by atoms with E-state index >= 15 is 0 Å². The van der Waals surface area contributed by atoms with Gasteiger partial charge < -0.3 is 10.8 Å². The minimum atomic E-state index is -3.75. The fourth-order valence-corrected chi connectivity index (χ4v) is 2.48. The van der Waals surface area contributed by atoms with Crippen LogP contribution in [0.5, 0.6) is 0 Å². The topological polar surface area (TPSA) is 92.4 Å². The zero-order valence-corrected chi connectivity index (χ0v) is 10.9. The number of hydrogen-bond donors (Lipinski definition) is 3. The fraction of sp³-hybridized carbons (Fsp3) is 0.455. The number of aliphatic hydroxyl groups excluding tert-OH is 1. The van der Waals surface area contributed by atoms with Crippen LogP contribution < -0.4 is 10.5 Å². The summed E-state index contributed by atoms with van der Waals surface area (Å²) in [4.78, 5) is -0.188. The van der Waals surface area contributed by atoms with Crippen LogP contribution in [-0.4, -0.2) is 26.7 Å². The maximum absolute atomic E-state index is 13.4. The second-order valence-corrected chi connectivity index (χ2v) is 5.71. The van der Waals surface area contributed by atoms with E-state index in [1.165, 1.54) is 13.0 Å². The van der Waals surface area contributed by atoms with Crippen molar-refractivity contribution in [3.05, 3.63) is 23.5 Å². The summed E-state index contributed by atoms with van der Waals surface area (Å²) in [6.07, 6.45) is 1.02. The largest absolute Gasteiger partial charge is 0.398 e. The van der Waals surface area contributed by atoms with Crippen LogP contribution in [-0.2, 0) is 10.0 Å². The van der Waals surface area contributed by atoms with Gasteiger partial charge in [0.05, 0.1) is 4.90 Å². The number of halogens is 1. The average molecular weight is 276 g/mol. The van der Waals surface area contributed by atoms with Gasteiger partial charge >= 0.3 is 0 Å². The summed E-state index contributed by atoms with van der Waals surface area (Å²) >= 11 is 0. The van der Waals surface area contributed by atoms with Gasteiger partial charge in [-0.2, -0.15) is 0 Å². The van der Waals surface area contributed by atoms with E-state index < -0.39 is 15.8 Å². The predicted octanol–water partition coefficient (Wildman–Crippen LogP) is 0.767. The smallest absolute Gasteiger partial charge is 0.240 e. The van der Waals surface area contributed by atoms with Gasteiger partial charge in [0.1, 0.15) is 5.82 Å². The number of unbranched alkanes of at least 4 members (excludes halogenated alkanes) is 1. The van der Waals surface area contributed by atoms with E-state index in [1.807, 2.05) is 0 Å². The molecule has 0 heterocycles. The molecule has 0 aliphatic rings. The molecule has 1 aromatic rings. The first-order valence-electron chi connectivity index (χ1n) is 5.54. The lowest BCUT2D eigenvalue weighted by molar-refractivity contribution is 0.285. The predicted molar refractivity (Wildman–Crippen MR) is 67.1 cm³/mol. The van der Waals surface area contributed by atoms with Crippen LogP contribution in [0, 0.1) is 12.7 Å². The number of sulfonamides is 1. The van der Waals surface area contributed by atoms with Gasteiger partial charge in [-0.05, 0) is 31.9 Å². The van der Waals surface area contributed by atoms with Crippen molar-refractivity contribution in [2.45, 2.75) is 24.7 Å². The molecule has 7 heteroatoms. The Kier molecular flexibility index (Phi) is 5.06. The van der Waals surface area contributed by atoms with Gasteiger partial charge in [-0.3, -0.25) is 0 Å². The van der Waals surface area contributed by atoms with Crippen LogP contribution in [0.25, 0.3) is 0 Å². The number of benzene rings is 1. The van der Waals surface area contributed by atoms with Crippen molar-refractivity contribution in [1.29, 1.82) is 0 Å². The molecule has 102 valence electrons. The van der Waals surface area contributed by atoms with Gasteiger partial charge in [0.2, 0.25) is 10.0 Å². The molecule has 5 nitrogen and oxygen atoms in total. The molecule has 0 bridgehead atoms. The summed E-state index contributed by atoms with van der Waals surface area (Å²) in [6.45, 7) is 1.68. The molecule has 0 aliphatic carbocycles. The van der Waals surface area contributed by atoms with Crippen molar-refractivity contribution in [2.75, 3.05) is 18.9 Å². The number of rotatable bonds is 6. The molecule has 1 aromatic carbocycles. The summed E-state index contributed by atoms with van der Waals surface area (Å²) < 4.78 is 39.4. The Morgan fingerprint density at radius 3 is 2.61 bits per heavy atom. The highest BCUT2D eigenvalue weighted by Crippen LogP contribution is 2.20. The van der Waals surface area contributed by atoms with E-state index in [0.29, 0.717) is 12.8 Å². The summed E-state index contributed by atoms with van der Waals surface area (Å²) in [6, 6.07) is 2.17. The van der Waals surface area contributed by atoms with Gasteiger partial charge in [0, 0.05) is 24.4 Å². The monoisotopic (exact) mass is 276 g/mol. The molecule has 0 aromatic heterocycles. The van der Waals surface area contributed by atoms with E-state index in [0.717, 1.165) is 6.07 Å². The van der Waals surface area contributed by atoms with Crippen LogP contribution in [0.3, 0.4) is 0 Å². The molecule has 0 saturated carbocycles. The van der Waals surface area contributed by atoms with Gasteiger partial charge in [0.15, 0.2) is 0 Å². The molecule has 0 aliphatic heterocycles. The first-order valence-corrected chi connectivity index (χ1v) is 7.03. The van der Waals surface area contributed by atoms with Crippen molar-refractivity contribution < 1.29 is 17.9 Å². The average Bonchev–Trinajstić information content (AvgIpc) is 2.31. The molecule has 0 amide bonds. The second-order valence-electron chi connectivity index (χ2n) is 3.95. The molecule has 0 fully saturated rings. The normalized spacial score (nSPS) is 11.7. The molecule has 0 atom stereocenters. The second kappa shape index (κ2) is 6.12. The number of nitrogens with one attached hydrogen (secondary N) is 1. The lowest BCUT2D eigenvalue weighted by Crippen LogP contribution is -2.25. The lowest BCUT2D eigenvalue weighted by atomic mass is 10.2. The third-order valence-electron chi connectivity index (χ3n) is 2.55. The fourth-order valence-electron chi connectivity index (χ4n) is 1.36. The van der Waals surface area contributed by atoms with Gasteiger partial charge in [0.25, 0.3) is 0 Å². The molecule has 1 rings (SSSR count). The van der Waals surface area contributed by atoms with Crippen LogP contribution >= 0.6 is 0 Å². The van der Waals surface area contributed by atoms with E-state index in [4.69, 9.17) is 10.8 Å². The first-order chi connectivity index (χ1) is 8.38. The van der Waals surface area contributed by atoms with Crippen LogP contribution in [0.2, 0.25) is 0 Å². The summed E-state index contributed by atoms with van der Waals surface area (Å²) in [5, 5.41) is 8.57. The minimum Gasteiger partial charge on any atom is -0.398 e. The highest BCUT2D eigenvalue weighted by atomic mass is 32.2. The third kappa shape index (κ3) is 3.66. The van der Waals surface area contributed by atoms with E-state index in [1.54, 1.807) is 0 Å². The molecule has 18 heavy (non-hydrogen) atoms. The van der Waals surface area contributed by atoms with Crippen LogP contribution in [0.15, 0.2) is 17.0 Å². The zero-order chi connectivity index (χ0) is 13.8. The van der Waals surface area contributed by atoms with Gasteiger partial charge in [-0.15, -0.1) is 0 Å². The summed E-state index contributed by atoms with van der Waals surface area (Å²) in [7, 11) is -3.75. The van der Waals surface area contributed by atoms with Gasteiger partial charge in [-0.25, -0.2) is 17.5 Å². The van der Waals surface area contributed by atoms with E-state index in [-0.39, 0.29) is 29.3 Å². The summed E-state index contributed by atoms with van der Waals surface area (Å²) in [5.41, 5.74) is 5.86.